The van der Waals surface area contributed by atoms with Crippen LogP contribution in [-0.2, 0) is 52.1 Å². The lowest BCUT2D eigenvalue weighted by atomic mass is 10.2. The van der Waals surface area contributed by atoms with Gasteiger partial charge in [-0.15, -0.1) is 0 Å². The van der Waals surface area contributed by atoms with Gasteiger partial charge in [-0.3, -0.25) is 0 Å². The molecule has 0 aromatic heterocycles. The summed E-state index contributed by atoms with van der Waals surface area (Å²) in [6.07, 6.45) is 3.20. The maximum atomic E-state index is 8.56. The first-order chi connectivity index (χ1) is 18.4. The van der Waals surface area contributed by atoms with Gasteiger partial charge in [0.05, 0.1) is 132 Å². The molecular formula is C25H50O12. The zero-order valence-corrected chi connectivity index (χ0v) is 22.5. The number of hydrogen-bond acceptors (Lipinski definition) is 12. The molecule has 0 radical (unpaired) electrons. The number of hydrogen-bond donors (Lipinski definition) is 1. The predicted octanol–water partition coefficient (Wildman–Crippen LogP) is 0.671. The highest BCUT2D eigenvalue weighted by Gasteiger charge is 2.13. The molecule has 222 valence electrons. The molecular weight excluding hydrogens is 492 g/mol. The fourth-order valence-electron chi connectivity index (χ4n) is 3.01. The Bertz CT molecular complexity index is 426. The lowest BCUT2D eigenvalue weighted by molar-refractivity contribution is -0.169. The van der Waals surface area contributed by atoms with Crippen molar-refractivity contribution in [3.8, 4) is 0 Å². The molecule has 0 aliphatic carbocycles. The first kappa shape index (κ1) is 34.5. The molecule has 12 heteroatoms. The normalized spacial score (nSPS) is 16.0. The average Bonchev–Trinajstić information content (AvgIpc) is 2.93. The van der Waals surface area contributed by atoms with Crippen molar-refractivity contribution in [2.75, 3.05) is 139 Å². The Balaban J connectivity index is 1.61. The molecule has 1 saturated heterocycles. The Kier molecular flexibility index (Phi) is 28.1. The molecule has 0 aromatic rings. The molecule has 0 bridgehead atoms. The summed E-state index contributed by atoms with van der Waals surface area (Å²) in [4.78, 5) is 0. The van der Waals surface area contributed by atoms with Crippen molar-refractivity contribution in [2.45, 2.75) is 25.6 Å². The van der Waals surface area contributed by atoms with E-state index < -0.39 is 0 Å². The second-order valence-electron chi connectivity index (χ2n) is 7.90. The fraction of sp³-hybridized carbons (Fsp3) is 1.00. The smallest absolute Gasteiger partial charge is 0.157 e. The van der Waals surface area contributed by atoms with E-state index in [0.717, 1.165) is 19.4 Å². The fourth-order valence-corrected chi connectivity index (χ4v) is 3.01. The Morgan fingerprint density at radius 1 is 0.432 bits per heavy atom. The molecule has 1 rings (SSSR count). The lowest BCUT2D eigenvalue weighted by Crippen LogP contribution is -2.24. The van der Waals surface area contributed by atoms with Crippen LogP contribution in [0.3, 0.4) is 0 Å². The summed E-state index contributed by atoms with van der Waals surface area (Å²) in [5.74, 6) is 0. The summed E-state index contributed by atoms with van der Waals surface area (Å²) in [5.41, 5.74) is 0. The number of aliphatic hydroxyl groups excluding tert-OH is 1. The van der Waals surface area contributed by atoms with Crippen LogP contribution >= 0.6 is 0 Å². The van der Waals surface area contributed by atoms with Gasteiger partial charge in [-0.05, 0) is 19.3 Å². The van der Waals surface area contributed by atoms with Crippen LogP contribution in [0.4, 0.5) is 0 Å². The van der Waals surface area contributed by atoms with E-state index in [4.69, 9.17) is 57.2 Å². The molecule has 1 aliphatic heterocycles. The second kappa shape index (κ2) is 30.1. The van der Waals surface area contributed by atoms with Gasteiger partial charge in [-0.2, -0.15) is 0 Å². The topological polar surface area (TPSA) is 122 Å². The van der Waals surface area contributed by atoms with Crippen LogP contribution in [0.15, 0.2) is 0 Å². The van der Waals surface area contributed by atoms with Gasteiger partial charge in [0.25, 0.3) is 0 Å². The standard InChI is InChI=1S/C25H50O12/c26-4-6-27-7-8-28-9-10-29-11-12-30-13-14-31-15-16-32-17-18-33-19-20-34-21-22-35-23-24-37-25-3-1-2-5-36-25/h25-26H,1-24H2. The van der Waals surface area contributed by atoms with Crippen LogP contribution in [0.1, 0.15) is 19.3 Å². The summed E-state index contributed by atoms with van der Waals surface area (Å²) < 4.78 is 59.6. The first-order valence-corrected chi connectivity index (χ1v) is 13.5. The van der Waals surface area contributed by atoms with Crippen molar-refractivity contribution in [2.24, 2.45) is 0 Å². The van der Waals surface area contributed by atoms with E-state index in [1.54, 1.807) is 0 Å². The second-order valence-corrected chi connectivity index (χ2v) is 7.90. The predicted molar refractivity (Wildman–Crippen MR) is 134 cm³/mol. The maximum Gasteiger partial charge on any atom is 0.157 e. The monoisotopic (exact) mass is 542 g/mol. The van der Waals surface area contributed by atoms with Crippen molar-refractivity contribution in [1.82, 2.24) is 0 Å². The quantitative estimate of drug-likeness (QED) is 0.128. The van der Waals surface area contributed by atoms with Crippen molar-refractivity contribution in [1.29, 1.82) is 0 Å². The molecule has 0 aromatic carbocycles. The van der Waals surface area contributed by atoms with Crippen molar-refractivity contribution >= 4 is 0 Å². The summed E-state index contributed by atoms with van der Waals surface area (Å²) >= 11 is 0. The highest BCUT2D eigenvalue weighted by atomic mass is 16.7. The van der Waals surface area contributed by atoms with E-state index in [0.29, 0.717) is 126 Å². The molecule has 0 spiro atoms. The van der Waals surface area contributed by atoms with Gasteiger partial charge in [0.15, 0.2) is 6.29 Å². The Morgan fingerprint density at radius 3 is 1.05 bits per heavy atom. The van der Waals surface area contributed by atoms with Crippen LogP contribution in [0.2, 0.25) is 0 Å². The van der Waals surface area contributed by atoms with Crippen LogP contribution < -0.4 is 0 Å². The van der Waals surface area contributed by atoms with E-state index in [1.165, 1.54) is 6.42 Å². The molecule has 1 N–H and O–H groups in total. The zero-order valence-electron chi connectivity index (χ0n) is 22.5. The van der Waals surface area contributed by atoms with Gasteiger partial charge in [0.2, 0.25) is 0 Å². The highest BCUT2D eigenvalue weighted by molar-refractivity contribution is 4.53. The van der Waals surface area contributed by atoms with Crippen molar-refractivity contribution < 1.29 is 57.2 Å². The van der Waals surface area contributed by atoms with E-state index in [2.05, 4.69) is 0 Å². The van der Waals surface area contributed by atoms with Crippen molar-refractivity contribution in [3.05, 3.63) is 0 Å². The van der Waals surface area contributed by atoms with Gasteiger partial charge in [-0.25, -0.2) is 0 Å². The molecule has 1 fully saturated rings. The Hall–Kier alpha value is -0.480. The highest BCUT2D eigenvalue weighted by Crippen LogP contribution is 2.13. The number of ether oxygens (including phenoxy) is 11. The minimum Gasteiger partial charge on any atom is -0.394 e. The molecule has 1 aliphatic rings. The average molecular weight is 543 g/mol. The van der Waals surface area contributed by atoms with Crippen LogP contribution in [0, 0.1) is 0 Å². The first-order valence-electron chi connectivity index (χ1n) is 13.5. The molecule has 12 nitrogen and oxygen atoms in total. The molecule has 0 amide bonds. The Labute approximate surface area is 222 Å². The van der Waals surface area contributed by atoms with Crippen molar-refractivity contribution in [3.63, 3.8) is 0 Å². The van der Waals surface area contributed by atoms with E-state index >= 15 is 0 Å². The van der Waals surface area contributed by atoms with Crippen LogP contribution in [0.5, 0.6) is 0 Å². The Morgan fingerprint density at radius 2 is 0.757 bits per heavy atom. The van der Waals surface area contributed by atoms with Crippen LogP contribution in [-0.4, -0.2) is 150 Å². The third-order valence-corrected chi connectivity index (χ3v) is 4.88. The van der Waals surface area contributed by atoms with Crippen LogP contribution in [0.25, 0.3) is 0 Å². The third kappa shape index (κ3) is 26.9. The number of aliphatic hydroxyl groups is 1. The largest absolute Gasteiger partial charge is 0.394 e. The van der Waals surface area contributed by atoms with Gasteiger partial charge in [0.1, 0.15) is 0 Å². The molecule has 37 heavy (non-hydrogen) atoms. The van der Waals surface area contributed by atoms with Gasteiger partial charge >= 0.3 is 0 Å². The van der Waals surface area contributed by atoms with Gasteiger partial charge in [0, 0.05) is 6.61 Å². The summed E-state index contributed by atoms with van der Waals surface area (Å²) in [6, 6.07) is 0. The SMILES string of the molecule is OCCOCCOCCOCCOCCOCCOCCOCCOCCOCCOC1CCCCO1. The summed E-state index contributed by atoms with van der Waals surface area (Å²) in [7, 11) is 0. The van der Waals surface area contributed by atoms with Gasteiger partial charge in [-0.1, -0.05) is 0 Å². The molecule has 1 heterocycles. The minimum absolute atomic E-state index is 0.0288. The zero-order chi connectivity index (χ0) is 26.3. The third-order valence-electron chi connectivity index (χ3n) is 4.88. The van der Waals surface area contributed by atoms with E-state index in [-0.39, 0.29) is 12.9 Å². The van der Waals surface area contributed by atoms with Gasteiger partial charge < -0.3 is 57.2 Å². The van der Waals surface area contributed by atoms with E-state index in [9.17, 15) is 0 Å². The lowest BCUT2D eigenvalue weighted by Gasteiger charge is -2.22. The number of rotatable bonds is 30. The summed E-state index contributed by atoms with van der Waals surface area (Å²) in [5, 5.41) is 8.56. The maximum absolute atomic E-state index is 8.56. The molecule has 1 unspecified atom stereocenters. The van der Waals surface area contributed by atoms with E-state index in [1.807, 2.05) is 0 Å². The molecule has 0 saturated carbocycles. The molecule has 1 atom stereocenters. The summed E-state index contributed by atoms with van der Waals surface area (Å²) in [6.45, 7) is 10.5. The minimum atomic E-state index is -0.0632.